The fraction of sp³-hybridized carbons (Fsp3) is 0.273. The Hall–Kier alpha value is -2.92. The van der Waals surface area contributed by atoms with Crippen molar-refractivity contribution in [2.24, 2.45) is 0 Å². The highest BCUT2D eigenvalue weighted by molar-refractivity contribution is 5.92. The summed E-state index contributed by atoms with van der Waals surface area (Å²) in [5, 5.41) is 3.00. The number of carbonyl (C=O) groups is 1. The molecule has 1 amide bonds. The summed E-state index contributed by atoms with van der Waals surface area (Å²) in [5.74, 6) is 1.35. The topological polar surface area (TPSA) is 58.4 Å². The van der Waals surface area contributed by atoms with Crippen molar-refractivity contribution in [2.75, 3.05) is 18.9 Å². The van der Waals surface area contributed by atoms with E-state index in [2.05, 4.69) is 17.2 Å². The maximum Gasteiger partial charge on any atom is 0.238 e. The summed E-state index contributed by atoms with van der Waals surface area (Å²) in [6.07, 6.45) is 0.882. The number of nitrogens with zero attached hydrogens (tertiary/aromatic N) is 2. The lowest BCUT2D eigenvalue weighted by atomic mass is 10.1. The van der Waals surface area contributed by atoms with E-state index in [0.717, 1.165) is 34.7 Å². The first-order valence-corrected chi connectivity index (χ1v) is 9.15. The number of benzene rings is 2. The Morgan fingerprint density at radius 1 is 1.11 bits per heavy atom. The van der Waals surface area contributed by atoms with Crippen molar-refractivity contribution in [3.05, 3.63) is 71.6 Å². The first-order chi connectivity index (χ1) is 13.1. The summed E-state index contributed by atoms with van der Waals surface area (Å²) >= 11 is 0. The molecule has 2 aromatic carbocycles. The van der Waals surface area contributed by atoms with Crippen LogP contribution in [-0.4, -0.2) is 29.4 Å². The SMILES string of the molecule is CCc1ccccc1NC(=O)CN(C)Cc1nc(-c2ccccc2)oc1C. The summed E-state index contributed by atoms with van der Waals surface area (Å²) in [7, 11) is 1.90. The van der Waals surface area contributed by atoms with Gasteiger partial charge in [0.25, 0.3) is 0 Å². The molecule has 0 unspecified atom stereocenters. The minimum absolute atomic E-state index is 0.0390. The van der Waals surface area contributed by atoms with Gasteiger partial charge in [0.05, 0.1) is 12.2 Å². The first-order valence-electron chi connectivity index (χ1n) is 9.15. The van der Waals surface area contributed by atoms with Gasteiger partial charge in [-0.25, -0.2) is 4.98 Å². The van der Waals surface area contributed by atoms with Crippen LogP contribution in [0.15, 0.2) is 59.0 Å². The summed E-state index contributed by atoms with van der Waals surface area (Å²) in [5.41, 5.74) is 3.80. The van der Waals surface area contributed by atoms with Crippen LogP contribution in [0.1, 0.15) is 23.9 Å². The number of nitrogens with one attached hydrogen (secondary N) is 1. The number of anilines is 1. The maximum absolute atomic E-state index is 12.4. The molecule has 3 rings (SSSR count). The van der Waals surface area contributed by atoms with Gasteiger partial charge in [-0.2, -0.15) is 0 Å². The zero-order valence-corrected chi connectivity index (χ0v) is 16.0. The molecule has 0 radical (unpaired) electrons. The second-order valence-corrected chi connectivity index (χ2v) is 6.62. The minimum Gasteiger partial charge on any atom is -0.441 e. The van der Waals surface area contributed by atoms with Crippen molar-refractivity contribution >= 4 is 11.6 Å². The normalized spacial score (nSPS) is 11.0. The number of hydrogen-bond donors (Lipinski definition) is 1. The van der Waals surface area contributed by atoms with Gasteiger partial charge in [0.2, 0.25) is 11.8 Å². The number of carbonyl (C=O) groups excluding carboxylic acids is 1. The number of hydrogen-bond acceptors (Lipinski definition) is 4. The highest BCUT2D eigenvalue weighted by atomic mass is 16.4. The van der Waals surface area contributed by atoms with Crippen LogP contribution in [0.4, 0.5) is 5.69 Å². The van der Waals surface area contributed by atoms with Crippen LogP contribution in [0.3, 0.4) is 0 Å². The third kappa shape index (κ3) is 4.83. The molecule has 0 saturated heterocycles. The molecule has 1 N–H and O–H groups in total. The molecule has 1 heterocycles. The minimum atomic E-state index is -0.0390. The van der Waals surface area contributed by atoms with Crippen molar-refractivity contribution < 1.29 is 9.21 Å². The maximum atomic E-state index is 12.4. The van der Waals surface area contributed by atoms with E-state index >= 15 is 0 Å². The van der Waals surface area contributed by atoms with Crippen LogP contribution in [0.5, 0.6) is 0 Å². The second kappa shape index (κ2) is 8.64. The Bertz CT molecular complexity index is 903. The Labute approximate surface area is 160 Å². The molecule has 0 aliphatic rings. The predicted molar refractivity (Wildman–Crippen MR) is 107 cm³/mol. The van der Waals surface area contributed by atoms with Gasteiger partial charge in [0.1, 0.15) is 5.76 Å². The third-order valence-electron chi connectivity index (χ3n) is 4.42. The van der Waals surface area contributed by atoms with Gasteiger partial charge in [0.15, 0.2) is 0 Å². The molecule has 5 nitrogen and oxygen atoms in total. The van der Waals surface area contributed by atoms with E-state index in [9.17, 15) is 4.79 Å². The van der Waals surface area contributed by atoms with E-state index in [4.69, 9.17) is 4.42 Å². The highest BCUT2D eigenvalue weighted by Crippen LogP contribution is 2.22. The van der Waals surface area contributed by atoms with E-state index in [1.54, 1.807) is 0 Å². The number of para-hydroxylation sites is 1. The fourth-order valence-electron chi connectivity index (χ4n) is 2.98. The van der Waals surface area contributed by atoms with Crippen LogP contribution in [0.2, 0.25) is 0 Å². The molecule has 0 aliphatic carbocycles. The lowest BCUT2D eigenvalue weighted by molar-refractivity contribution is -0.117. The Morgan fingerprint density at radius 3 is 2.56 bits per heavy atom. The summed E-state index contributed by atoms with van der Waals surface area (Å²) in [6.45, 7) is 4.81. The van der Waals surface area contributed by atoms with Crippen molar-refractivity contribution in [2.45, 2.75) is 26.8 Å². The Morgan fingerprint density at radius 2 is 1.81 bits per heavy atom. The predicted octanol–water partition coefficient (Wildman–Crippen LogP) is 4.28. The van der Waals surface area contributed by atoms with Crippen LogP contribution < -0.4 is 5.32 Å². The van der Waals surface area contributed by atoms with Crippen molar-refractivity contribution in [1.82, 2.24) is 9.88 Å². The number of oxazole rings is 1. The Kier molecular flexibility index (Phi) is 6.04. The van der Waals surface area contributed by atoms with Crippen LogP contribution in [-0.2, 0) is 17.8 Å². The molecule has 0 saturated carbocycles. The summed E-state index contributed by atoms with van der Waals surface area (Å²) in [4.78, 5) is 18.9. The number of likely N-dealkylation sites (N-methyl/N-ethyl adjacent to an activating group) is 1. The third-order valence-corrected chi connectivity index (χ3v) is 4.42. The summed E-state index contributed by atoms with van der Waals surface area (Å²) in [6, 6.07) is 17.7. The molecule has 0 spiro atoms. The average molecular weight is 363 g/mol. The molecule has 0 fully saturated rings. The van der Waals surface area contributed by atoms with Crippen molar-refractivity contribution in [1.29, 1.82) is 0 Å². The standard InChI is InChI=1S/C22H25N3O2/c1-4-17-10-8-9-13-19(17)23-21(26)15-25(3)14-20-16(2)27-22(24-20)18-11-6-5-7-12-18/h5-13H,4,14-15H2,1-3H3,(H,23,26). The van der Waals surface area contributed by atoms with Gasteiger partial charge in [0, 0.05) is 17.8 Å². The van der Waals surface area contributed by atoms with Gasteiger partial charge < -0.3 is 9.73 Å². The fourth-order valence-corrected chi connectivity index (χ4v) is 2.98. The second-order valence-electron chi connectivity index (χ2n) is 6.62. The smallest absolute Gasteiger partial charge is 0.238 e. The number of aromatic nitrogens is 1. The van der Waals surface area contributed by atoms with E-state index in [1.807, 2.05) is 73.5 Å². The average Bonchev–Trinajstić information content (AvgIpc) is 3.03. The van der Waals surface area contributed by atoms with Crippen LogP contribution in [0, 0.1) is 6.92 Å². The van der Waals surface area contributed by atoms with Gasteiger partial charge in [-0.3, -0.25) is 9.69 Å². The monoisotopic (exact) mass is 363 g/mol. The van der Waals surface area contributed by atoms with Gasteiger partial charge in [-0.05, 0) is 44.2 Å². The number of aryl methyl sites for hydroxylation is 2. The molecular weight excluding hydrogens is 338 g/mol. The molecule has 0 bridgehead atoms. The van der Waals surface area contributed by atoms with Gasteiger partial charge in [-0.15, -0.1) is 0 Å². The molecule has 0 aliphatic heterocycles. The molecule has 1 aromatic heterocycles. The van der Waals surface area contributed by atoms with Crippen molar-refractivity contribution in [3.63, 3.8) is 0 Å². The lowest BCUT2D eigenvalue weighted by Crippen LogP contribution is -2.30. The number of amides is 1. The molecule has 140 valence electrons. The van der Waals surface area contributed by atoms with E-state index in [0.29, 0.717) is 12.4 Å². The zero-order chi connectivity index (χ0) is 19.2. The van der Waals surface area contributed by atoms with Crippen molar-refractivity contribution in [3.8, 4) is 11.5 Å². The largest absolute Gasteiger partial charge is 0.441 e. The van der Waals surface area contributed by atoms with E-state index in [1.165, 1.54) is 0 Å². The van der Waals surface area contributed by atoms with E-state index < -0.39 is 0 Å². The molecule has 3 aromatic rings. The first kappa shape index (κ1) is 18.9. The van der Waals surface area contributed by atoms with Gasteiger partial charge >= 0.3 is 0 Å². The lowest BCUT2D eigenvalue weighted by Gasteiger charge is -2.16. The van der Waals surface area contributed by atoms with E-state index in [-0.39, 0.29) is 12.5 Å². The number of rotatable bonds is 7. The highest BCUT2D eigenvalue weighted by Gasteiger charge is 2.15. The van der Waals surface area contributed by atoms with Gasteiger partial charge in [-0.1, -0.05) is 43.3 Å². The zero-order valence-electron chi connectivity index (χ0n) is 16.0. The van der Waals surface area contributed by atoms with Crippen LogP contribution in [0.25, 0.3) is 11.5 Å². The summed E-state index contributed by atoms with van der Waals surface area (Å²) < 4.78 is 5.79. The molecule has 5 heteroatoms. The molecular formula is C22H25N3O2. The molecule has 0 atom stereocenters. The quantitative estimate of drug-likeness (QED) is 0.680. The molecule has 27 heavy (non-hydrogen) atoms. The van der Waals surface area contributed by atoms with Crippen LogP contribution >= 0.6 is 0 Å². The Balaban J connectivity index is 1.61.